The highest BCUT2D eigenvalue weighted by Crippen LogP contribution is 2.31. The normalized spacial score (nSPS) is 23.9. The fourth-order valence-corrected chi connectivity index (χ4v) is 5.66. The molecule has 0 spiro atoms. The van der Waals surface area contributed by atoms with E-state index in [0.717, 1.165) is 54.9 Å². The minimum Gasteiger partial charge on any atom is -0.353 e. The minimum atomic E-state index is -0.225. The third-order valence-corrected chi connectivity index (χ3v) is 8.07. The van der Waals surface area contributed by atoms with E-state index < -0.39 is 0 Å². The van der Waals surface area contributed by atoms with E-state index in [-0.39, 0.29) is 17.6 Å². The first-order valence-electron chi connectivity index (χ1n) is 12.7. The minimum absolute atomic E-state index is 0.0654. The summed E-state index contributed by atoms with van der Waals surface area (Å²) in [5.41, 5.74) is 3.07. The van der Waals surface area contributed by atoms with Crippen LogP contribution in [0.25, 0.3) is 11.0 Å². The van der Waals surface area contributed by atoms with Crippen molar-refractivity contribution in [1.29, 1.82) is 0 Å². The van der Waals surface area contributed by atoms with Gasteiger partial charge in [0.05, 0.1) is 17.6 Å². The zero-order valence-electron chi connectivity index (χ0n) is 20.2. The third-order valence-electron chi connectivity index (χ3n) is 8.07. The number of benzene rings is 2. The quantitative estimate of drug-likeness (QED) is 0.554. The van der Waals surface area contributed by atoms with Crippen molar-refractivity contribution in [3.63, 3.8) is 0 Å². The number of halogens is 1. The molecular weight excluding hydrogens is 427 g/mol. The number of nitrogens with zero attached hydrogens (tertiary/aromatic N) is 3. The second-order valence-electron chi connectivity index (χ2n) is 10.3. The van der Waals surface area contributed by atoms with E-state index in [4.69, 9.17) is 4.98 Å². The van der Waals surface area contributed by atoms with Gasteiger partial charge >= 0.3 is 0 Å². The molecule has 1 amide bonds. The van der Waals surface area contributed by atoms with E-state index in [1.54, 1.807) is 0 Å². The molecule has 0 radical (unpaired) electrons. The van der Waals surface area contributed by atoms with Gasteiger partial charge in [-0.25, -0.2) is 9.37 Å². The van der Waals surface area contributed by atoms with Crippen LogP contribution in [0.5, 0.6) is 0 Å². The number of hydrogen-bond acceptors (Lipinski definition) is 3. The van der Waals surface area contributed by atoms with E-state index in [2.05, 4.69) is 34.7 Å². The van der Waals surface area contributed by atoms with Crippen LogP contribution in [-0.4, -0.2) is 34.6 Å². The van der Waals surface area contributed by atoms with Crippen molar-refractivity contribution in [1.82, 2.24) is 14.9 Å². The molecule has 1 saturated heterocycles. The van der Waals surface area contributed by atoms with Gasteiger partial charge in [-0.2, -0.15) is 0 Å². The van der Waals surface area contributed by atoms with Crippen LogP contribution in [-0.2, 0) is 11.3 Å². The highest BCUT2D eigenvalue weighted by atomic mass is 19.1. The number of anilines is 1. The number of imidazole rings is 1. The summed E-state index contributed by atoms with van der Waals surface area (Å²) in [5.74, 6) is 2.22. The zero-order valence-corrected chi connectivity index (χ0v) is 20.2. The molecule has 2 heterocycles. The molecule has 180 valence electrons. The molecule has 34 heavy (non-hydrogen) atoms. The van der Waals surface area contributed by atoms with Crippen LogP contribution >= 0.6 is 0 Å². The van der Waals surface area contributed by atoms with Crippen molar-refractivity contribution in [3.05, 3.63) is 59.9 Å². The van der Waals surface area contributed by atoms with Gasteiger partial charge in [-0.05, 0) is 60.9 Å². The van der Waals surface area contributed by atoms with E-state index >= 15 is 0 Å². The molecule has 5 nitrogen and oxygen atoms in total. The lowest BCUT2D eigenvalue weighted by atomic mass is 9.78. The Kier molecular flexibility index (Phi) is 6.57. The summed E-state index contributed by atoms with van der Waals surface area (Å²) >= 11 is 0. The summed E-state index contributed by atoms with van der Waals surface area (Å²) in [5, 5.41) is 3.38. The van der Waals surface area contributed by atoms with Crippen LogP contribution < -0.4 is 10.2 Å². The standard InChI is InChI=1S/C28H35FN4O/c1-19-6-5-8-24(20(19)2)30-27(34)22-14-16-32(17-15-22)28-31-25-7-3-4-9-26(25)33(28)18-21-10-12-23(29)13-11-21/h3-4,7,9-13,19-20,22,24H,5-6,8,14-18H2,1-2H3,(H,30,34)/t19-,20+,24+/m1/s1. The molecule has 5 rings (SSSR count). The molecule has 1 aliphatic heterocycles. The molecule has 1 saturated carbocycles. The number of nitrogens with one attached hydrogen (secondary N) is 1. The molecule has 3 aromatic rings. The molecule has 2 fully saturated rings. The number of hydrogen-bond donors (Lipinski definition) is 1. The van der Waals surface area contributed by atoms with Gasteiger partial charge in [0.25, 0.3) is 0 Å². The first-order valence-corrected chi connectivity index (χ1v) is 12.7. The molecule has 1 aromatic heterocycles. The van der Waals surface area contributed by atoms with Crippen LogP contribution in [0.1, 0.15) is 51.5 Å². The number of aromatic nitrogens is 2. The van der Waals surface area contributed by atoms with Crippen molar-refractivity contribution in [3.8, 4) is 0 Å². The first-order chi connectivity index (χ1) is 16.5. The Morgan fingerprint density at radius 2 is 1.76 bits per heavy atom. The molecular formula is C28H35FN4O. The van der Waals surface area contributed by atoms with Crippen LogP contribution in [0, 0.1) is 23.6 Å². The Bertz CT molecular complexity index is 1130. The lowest BCUT2D eigenvalue weighted by Crippen LogP contribution is -2.48. The number of carbonyl (C=O) groups excluding carboxylic acids is 1. The zero-order chi connectivity index (χ0) is 23.7. The topological polar surface area (TPSA) is 50.2 Å². The number of amides is 1. The summed E-state index contributed by atoms with van der Waals surface area (Å²) in [6, 6.07) is 15.1. The SMILES string of the molecule is C[C@H]1[C@H](C)CCC[C@@H]1NC(=O)C1CCN(c2nc3ccccc3n2Cc2ccc(F)cc2)CC1. The second-order valence-corrected chi connectivity index (χ2v) is 10.3. The Balaban J connectivity index is 1.29. The number of carbonyl (C=O) groups is 1. The van der Waals surface area contributed by atoms with Crippen molar-refractivity contribution >= 4 is 22.9 Å². The molecule has 6 heteroatoms. The first kappa shape index (κ1) is 22.9. The fraction of sp³-hybridized carbons (Fsp3) is 0.500. The molecule has 1 N–H and O–H groups in total. The van der Waals surface area contributed by atoms with Gasteiger partial charge in [-0.15, -0.1) is 0 Å². The Labute approximate surface area is 201 Å². The summed E-state index contributed by atoms with van der Waals surface area (Å²) in [7, 11) is 0. The largest absolute Gasteiger partial charge is 0.353 e. The maximum absolute atomic E-state index is 13.4. The second kappa shape index (κ2) is 9.77. The fourth-order valence-electron chi connectivity index (χ4n) is 5.66. The summed E-state index contributed by atoms with van der Waals surface area (Å²) < 4.78 is 15.6. The molecule has 0 bridgehead atoms. The van der Waals surface area contributed by atoms with E-state index in [9.17, 15) is 9.18 Å². The number of para-hydroxylation sites is 2. The maximum atomic E-state index is 13.4. The van der Waals surface area contributed by atoms with Crippen molar-refractivity contribution in [2.45, 2.75) is 58.5 Å². The highest BCUT2D eigenvalue weighted by molar-refractivity contribution is 5.80. The van der Waals surface area contributed by atoms with Gasteiger partial charge in [0.1, 0.15) is 5.82 Å². The maximum Gasteiger partial charge on any atom is 0.223 e. The Morgan fingerprint density at radius 1 is 1.03 bits per heavy atom. The van der Waals surface area contributed by atoms with Gasteiger partial charge in [0.15, 0.2) is 0 Å². The smallest absolute Gasteiger partial charge is 0.223 e. The van der Waals surface area contributed by atoms with E-state index in [0.29, 0.717) is 24.4 Å². The molecule has 1 aliphatic carbocycles. The predicted molar refractivity (Wildman–Crippen MR) is 134 cm³/mol. The average Bonchev–Trinajstić information content (AvgIpc) is 3.22. The van der Waals surface area contributed by atoms with Crippen LogP contribution in [0.3, 0.4) is 0 Å². The van der Waals surface area contributed by atoms with Crippen LogP contribution in [0.15, 0.2) is 48.5 Å². The van der Waals surface area contributed by atoms with Gasteiger partial charge in [0.2, 0.25) is 11.9 Å². The summed E-state index contributed by atoms with van der Waals surface area (Å²) in [6.45, 7) is 6.83. The Morgan fingerprint density at radius 3 is 2.53 bits per heavy atom. The van der Waals surface area contributed by atoms with Crippen LogP contribution in [0.2, 0.25) is 0 Å². The van der Waals surface area contributed by atoms with Gasteiger partial charge in [-0.3, -0.25) is 4.79 Å². The lowest BCUT2D eigenvalue weighted by Gasteiger charge is -2.37. The highest BCUT2D eigenvalue weighted by Gasteiger charge is 2.32. The molecule has 0 unspecified atom stereocenters. The predicted octanol–water partition coefficient (Wildman–Crippen LogP) is 5.38. The monoisotopic (exact) mass is 462 g/mol. The average molecular weight is 463 g/mol. The number of fused-ring (bicyclic) bond motifs is 1. The van der Waals surface area contributed by atoms with Gasteiger partial charge in [0, 0.05) is 25.0 Å². The third kappa shape index (κ3) is 4.68. The molecule has 3 atom stereocenters. The van der Waals surface area contributed by atoms with Crippen molar-refractivity contribution in [2.24, 2.45) is 17.8 Å². The summed E-state index contributed by atoms with van der Waals surface area (Å²) in [6.07, 6.45) is 5.25. The summed E-state index contributed by atoms with van der Waals surface area (Å²) in [4.78, 5) is 20.3. The van der Waals surface area contributed by atoms with Crippen molar-refractivity contribution < 1.29 is 9.18 Å². The van der Waals surface area contributed by atoms with Crippen molar-refractivity contribution in [2.75, 3.05) is 18.0 Å². The van der Waals surface area contributed by atoms with Gasteiger partial charge in [-0.1, -0.05) is 51.0 Å². The molecule has 2 aromatic carbocycles. The number of rotatable bonds is 5. The lowest BCUT2D eigenvalue weighted by molar-refractivity contribution is -0.127. The van der Waals surface area contributed by atoms with Crippen LogP contribution in [0.4, 0.5) is 10.3 Å². The number of piperidine rings is 1. The van der Waals surface area contributed by atoms with Gasteiger partial charge < -0.3 is 14.8 Å². The van der Waals surface area contributed by atoms with E-state index in [1.807, 2.05) is 30.3 Å². The Hall–Kier alpha value is -2.89. The van der Waals surface area contributed by atoms with E-state index in [1.165, 1.54) is 25.0 Å². The molecule has 2 aliphatic rings.